The van der Waals surface area contributed by atoms with Crippen molar-refractivity contribution in [3.8, 4) is 10.6 Å². The van der Waals surface area contributed by atoms with E-state index in [0.717, 1.165) is 28.4 Å². The van der Waals surface area contributed by atoms with Crippen LogP contribution in [-0.4, -0.2) is 47.6 Å². The Morgan fingerprint density at radius 3 is 2.64 bits per heavy atom. The molecule has 1 aromatic carbocycles. The van der Waals surface area contributed by atoms with E-state index in [1.165, 1.54) is 17.6 Å². The Balaban J connectivity index is 1.55. The fraction of sp³-hybridized carbons (Fsp3) is 0.333. The number of carbonyl (C=O) groups is 1. The summed E-state index contributed by atoms with van der Waals surface area (Å²) in [6.07, 6.45) is 2.92. The Bertz CT molecular complexity index is 1590. The predicted molar refractivity (Wildman–Crippen MR) is 139 cm³/mol. The fourth-order valence-electron chi connectivity index (χ4n) is 3.87. The van der Waals surface area contributed by atoms with E-state index < -0.39 is 9.84 Å². The van der Waals surface area contributed by atoms with Gasteiger partial charge < -0.3 is 20.4 Å². The zero-order chi connectivity index (χ0) is 25.6. The van der Waals surface area contributed by atoms with Crippen LogP contribution in [0.15, 0.2) is 29.2 Å². The smallest absolute Gasteiger partial charge is 0.228 e. The van der Waals surface area contributed by atoms with Gasteiger partial charge in [0.15, 0.2) is 15.5 Å². The first-order chi connectivity index (χ1) is 17.1. The molecule has 0 aliphatic heterocycles. The average molecular weight is 527 g/mol. The molecule has 1 aliphatic rings. The van der Waals surface area contributed by atoms with E-state index in [4.69, 9.17) is 4.74 Å². The molecule has 5 rings (SSSR count). The number of nitrogens with zero attached hydrogens (tertiary/aromatic N) is 3. The summed E-state index contributed by atoms with van der Waals surface area (Å²) in [5.74, 6) is 0.963. The molecule has 0 saturated heterocycles. The summed E-state index contributed by atoms with van der Waals surface area (Å²) < 4.78 is 30.8. The number of imidazole rings is 1. The molecule has 188 valence electrons. The van der Waals surface area contributed by atoms with E-state index in [1.54, 1.807) is 32.2 Å². The van der Waals surface area contributed by atoms with Gasteiger partial charge >= 0.3 is 0 Å². The van der Waals surface area contributed by atoms with Gasteiger partial charge in [0, 0.05) is 35.8 Å². The molecular formula is C24H26N6O4S2. The summed E-state index contributed by atoms with van der Waals surface area (Å²) in [4.78, 5) is 30.2. The van der Waals surface area contributed by atoms with Crippen molar-refractivity contribution in [2.45, 2.75) is 38.2 Å². The van der Waals surface area contributed by atoms with Crippen molar-refractivity contribution < 1.29 is 17.9 Å². The van der Waals surface area contributed by atoms with E-state index in [2.05, 4.69) is 30.6 Å². The van der Waals surface area contributed by atoms with E-state index in [-0.39, 0.29) is 16.7 Å². The Kier molecular flexibility index (Phi) is 6.27. The first kappa shape index (κ1) is 24.3. The summed E-state index contributed by atoms with van der Waals surface area (Å²) >= 11 is 1.49. The molecule has 3 N–H and O–H groups in total. The van der Waals surface area contributed by atoms with Gasteiger partial charge in [-0.05, 0) is 44.9 Å². The maximum atomic E-state index is 12.8. The number of hydrogen-bond acceptors (Lipinski definition) is 9. The molecule has 0 radical (unpaired) electrons. The van der Waals surface area contributed by atoms with Crippen molar-refractivity contribution in [3.05, 3.63) is 40.7 Å². The topological polar surface area (TPSA) is 139 Å². The van der Waals surface area contributed by atoms with Gasteiger partial charge in [-0.25, -0.2) is 23.4 Å². The maximum absolute atomic E-state index is 12.8. The molecule has 0 spiro atoms. The van der Waals surface area contributed by atoms with E-state index >= 15 is 0 Å². The van der Waals surface area contributed by atoms with Crippen LogP contribution in [-0.2, 0) is 26.0 Å². The minimum absolute atomic E-state index is 0.0192. The van der Waals surface area contributed by atoms with Crippen molar-refractivity contribution in [1.29, 1.82) is 0 Å². The highest BCUT2D eigenvalue weighted by molar-refractivity contribution is 7.90. The summed E-state index contributed by atoms with van der Waals surface area (Å²) in [6, 6.07) is 6.84. The van der Waals surface area contributed by atoms with Gasteiger partial charge in [-0.2, -0.15) is 0 Å². The molecule has 1 fully saturated rings. The predicted octanol–water partition coefficient (Wildman–Crippen LogP) is 4.34. The van der Waals surface area contributed by atoms with Crippen LogP contribution in [0.25, 0.3) is 21.7 Å². The molecule has 0 bridgehead atoms. The molecule has 36 heavy (non-hydrogen) atoms. The monoisotopic (exact) mass is 526 g/mol. The quantitative estimate of drug-likeness (QED) is 0.308. The lowest BCUT2D eigenvalue weighted by atomic mass is 10.2. The highest BCUT2D eigenvalue weighted by atomic mass is 32.2. The number of aromatic amines is 1. The minimum Gasteiger partial charge on any atom is -0.378 e. The highest BCUT2D eigenvalue weighted by Crippen LogP contribution is 2.36. The summed E-state index contributed by atoms with van der Waals surface area (Å²) in [5.41, 5.74) is 3.48. The number of amides is 1. The highest BCUT2D eigenvalue weighted by Gasteiger charge is 2.30. The van der Waals surface area contributed by atoms with Crippen LogP contribution in [0.3, 0.4) is 0 Å². The third kappa shape index (κ3) is 4.97. The third-order valence-corrected chi connectivity index (χ3v) is 8.04. The molecule has 12 heteroatoms. The van der Waals surface area contributed by atoms with Crippen molar-refractivity contribution in [2.75, 3.05) is 24.0 Å². The van der Waals surface area contributed by atoms with Crippen molar-refractivity contribution in [2.24, 2.45) is 5.92 Å². The molecule has 0 unspecified atom stereocenters. The van der Waals surface area contributed by atoms with Gasteiger partial charge in [0.1, 0.15) is 22.2 Å². The van der Waals surface area contributed by atoms with Crippen molar-refractivity contribution >= 4 is 55.4 Å². The number of ether oxygens (including phenoxy) is 1. The Morgan fingerprint density at radius 2 is 1.94 bits per heavy atom. The van der Waals surface area contributed by atoms with Gasteiger partial charge in [-0.1, -0.05) is 0 Å². The number of rotatable bonds is 8. The number of methoxy groups -OCH3 is 1. The zero-order valence-corrected chi connectivity index (χ0v) is 21.9. The molecule has 3 aromatic heterocycles. The number of benzene rings is 1. The van der Waals surface area contributed by atoms with E-state index in [9.17, 15) is 13.2 Å². The molecule has 3 heterocycles. The number of pyridine rings is 1. The number of anilines is 3. The van der Waals surface area contributed by atoms with Crippen LogP contribution in [0.1, 0.15) is 29.2 Å². The largest absolute Gasteiger partial charge is 0.378 e. The van der Waals surface area contributed by atoms with Crippen LogP contribution in [0.2, 0.25) is 0 Å². The zero-order valence-electron chi connectivity index (χ0n) is 20.3. The Labute approximate surface area is 212 Å². The second kappa shape index (κ2) is 9.26. The maximum Gasteiger partial charge on any atom is 0.228 e. The van der Waals surface area contributed by atoms with Crippen LogP contribution in [0.4, 0.5) is 17.2 Å². The molecular weight excluding hydrogens is 500 g/mol. The molecule has 1 saturated carbocycles. The third-order valence-electron chi connectivity index (χ3n) is 5.84. The first-order valence-corrected chi connectivity index (χ1v) is 14.1. The Hall–Kier alpha value is -3.35. The number of aryl methyl sites for hydroxylation is 2. The first-order valence-electron chi connectivity index (χ1n) is 11.4. The van der Waals surface area contributed by atoms with E-state index in [1.807, 2.05) is 13.0 Å². The van der Waals surface area contributed by atoms with Crippen LogP contribution in [0, 0.1) is 19.8 Å². The number of thiazole rings is 1. The van der Waals surface area contributed by atoms with Gasteiger partial charge in [0.25, 0.3) is 0 Å². The molecule has 1 amide bonds. The Morgan fingerprint density at radius 1 is 1.17 bits per heavy atom. The normalized spacial score (nSPS) is 13.8. The van der Waals surface area contributed by atoms with Gasteiger partial charge in [0.05, 0.1) is 28.6 Å². The second-order valence-electron chi connectivity index (χ2n) is 8.90. The van der Waals surface area contributed by atoms with Crippen molar-refractivity contribution in [1.82, 2.24) is 19.9 Å². The van der Waals surface area contributed by atoms with Crippen LogP contribution >= 0.6 is 11.3 Å². The number of H-pyrrole nitrogens is 1. The standard InChI is InChI=1S/C24H26N6O4S2/c1-12-18(11-34-3)28-24(35-12)15-7-8-16(19(9-15)36(4,32)33)27-17-10-20(30-23(31)14-5-6-14)29-22-21(17)25-13(2)26-22/h7-10,14H,5-6,11H2,1-4H3,(H3,25,26,27,29,30,31). The SMILES string of the molecule is COCc1nc(-c2ccc(Nc3cc(NC(=O)C4CC4)nc4[nH]c(C)nc34)c(S(C)(=O)=O)c2)sc1C. The number of carbonyl (C=O) groups excluding carboxylic acids is 1. The van der Waals surface area contributed by atoms with Crippen LogP contribution in [0.5, 0.6) is 0 Å². The molecule has 4 aromatic rings. The lowest BCUT2D eigenvalue weighted by Crippen LogP contribution is -2.14. The van der Waals surface area contributed by atoms with Gasteiger partial charge in [-0.15, -0.1) is 11.3 Å². The molecule has 10 nitrogen and oxygen atoms in total. The van der Waals surface area contributed by atoms with E-state index in [0.29, 0.717) is 46.4 Å². The number of hydrogen-bond donors (Lipinski definition) is 3. The molecule has 1 aliphatic carbocycles. The minimum atomic E-state index is -3.60. The summed E-state index contributed by atoms with van der Waals surface area (Å²) in [6.45, 7) is 4.16. The van der Waals surface area contributed by atoms with Gasteiger partial charge in [-0.3, -0.25) is 4.79 Å². The fourth-order valence-corrected chi connectivity index (χ4v) is 5.64. The lowest BCUT2D eigenvalue weighted by molar-refractivity contribution is -0.117. The lowest BCUT2D eigenvalue weighted by Gasteiger charge is -2.14. The summed E-state index contributed by atoms with van der Waals surface area (Å²) in [5, 5.41) is 6.79. The number of aromatic nitrogens is 4. The number of fused-ring (bicyclic) bond motifs is 1. The van der Waals surface area contributed by atoms with Crippen molar-refractivity contribution in [3.63, 3.8) is 0 Å². The van der Waals surface area contributed by atoms with Crippen LogP contribution < -0.4 is 10.6 Å². The molecule has 0 atom stereocenters. The van der Waals surface area contributed by atoms with Gasteiger partial charge in [0.2, 0.25) is 5.91 Å². The average Bonchev–Trinajstić information content (AvgIpc) is 3.50. The number of nitrogens with one attached hydrogen (secondary N) is 3. The second-order valence-corrected chi connectivity index (χ2v) is 12.1. The summed E-state index contributed by atoms with van der Waals surface area (Å²) in [7, 11) is -1.99. The number of sulfone groups is 1.